The molecule has 2 atom stereocenters. The molecule has 0 unspecified atom stereocenters. The minimum Gasteiger partial charge on any atom is -0.392 e. The summed E-state index contributed by atoms with van der Waals surface area (Å²) in [5.74, 6) is 0.00685. The van der Waals surface area contributed by atoms with E-state index in [9.17, 15) is 9.90 Å². The molecular weight excluding hydrogens is 140 g/mol. The van der Waals surface area contributed by atoms with E-state index in [1.54, 1.807) is 19.9 Å². The molecule has 0 aromatic rings. The average Bonchev–Trinajstić information content (AvgIpc) is 1.87. The summed E-state index contributed by atoms with van der Waals surface area (Å²) in [7, 11) is 0. The van der Waals surface area contributed by atoms with Crippen molar-refractivity contribution in [2.75, 3.05) is 0 Å². The van der Waals surface area contributed by atoms with Crippen LogP contribution < -0.4 is 0 Å². The van der Waals surface area contributed by atoms with Crippen molar-refractivity contribution in [2.24, 2.45) is 5.41 Å². The van der Waals surface area contributed by atoms with Gasteiger partial charge in [-0.25, -0.2) is 0 Å². The highest BCUT2D eigenvalue weighted by atomic mass is 16.3. The molecule has 0 rings (SSSR count). The molecule has 0 radical (unpaired) electrons. The number of hydrogen-bond acceptors (Lipinski definition) is 2. The molecule has 1 N–H and O–H groups in total. The Morgan fingerprint density at radius 1 is 1.82 bits per heavy atom. The normalized spacial score (nSPS) is 18.5. The zero-order valence-electron chi connectivity index (χ0n) is 7.42. The average molecular weight is 156 g/mol. The molecule has 0 heterocycles. The van der Waals surface area contributed by atoms with E-state index in [0.29, 0.717) is 6.42 Å². The lowest BCUT2D eigenvalue weighted by Gasteiger charge is -2.28. The van der Waals surface area contributed by atoms with Gasteiger partial charge in [-0.2, -0.15) is 0 Å². The Labute approximate surface area is 67.9 Å². The van der Waals surface area contributed by atoms with Crippen LogP contribution in [0.25, 0.3) is 0 Å². The van der Waals surface area contributed by atoms with Crippen LogP contribution in [0.4, 0.5) is 0 Å². The largest absolute Gasteiger partial charge is 0.392 e. The number of carbonyl (C=O) groups is 1. The van der Waals surface area contributed by atoms with Gasteiger partial charge in [-0.15, -0.1) is 6.58 Å². The van der Waals surface area contributed by atoms with Crippen molar-refractivity contribution in [3.63, 3.8) is 0 Å². The van der Waals surface area contributed by atoms with Crippen LogP contribution >= 0.6 is 0 Å². The monoisotopic (exact) mass is 156 g/mol. The van der Waals surface area contributed by atoms with Crippen molar-refractivity contribution in [3.05, 3.63) is 12.7 Å². The van der Waals surface area contributed by atoms with Gasteiger partial charge in [0.2, 0.25) is 0 Å². The predicted molar refractivity (Wildman–Crippen MR) is 45.3 cm³/mol. The van der Waals surface area contributed by atoms with Crippen molar-refractivity contribution in [1.29, 1.82) is 0 Å². The van der Waals surface area contributed by atoms with Gasteiger partial charge in [0.15, 0.2) is 0 Å². The van der Waals surface area contributed by atoms with Crippen molar-refractivity contribution in [3.8, 4) is 0 Å². The summed E-state index contributed by atoms with van der Waals surface area (Å²) >= 11 is 0. The second kappa shape index (κ2) is 3.67. The number of aliphatic hydroxyl groups excluding tert-OH is 1. The van der Waals surface area contributed by atoms with Crippen molar-refractivity contribution in [2.45, 2.75) is 33.3 Å². The Hall–Kier alpha value is -0.630. The SMILES string of the molecule is C=CC[C@@](C)(C(C)=O)[C@@H](C)O. The van der Waals surface area contributed by atoms with Crippen LogP contribution in [-0.4, -0.2) is 17.0 Å². The molecule has 0 amide bonds. The lowest BCUT2D eigenvalue weighted by molar-refractivity contribution is -0.131. The Morgan fingerprint density at radius 3 is 2.36 bits per heavy atom. The maximum atomic E-state index is 11.1. The van der Waals surface area contributed by atoms with Crippen LogP contribution in [0.15, 0.2) is 12.7 Å². The van der Waals surface area contributed by atoms with Gasteiger partial charge in [-0.3, -0.25) is 4.79 Å². The number of Topliss-reactive ketones (excluding diaryl/α,β-unsaturated/α-hetero) is 1. The summed E-state index contributed by atoms with van der Waals surface area (Å²) in [6, 6.07) is 0. The van der Waals surface area contributed by atoms with E-state index in [1.165, 1.54) is 6.92 Å². The van der Waals surface area contributed by atoms with Crippen LogP contribution in [0, 0.1) is 5.41 Å². The Bertz CT molecular complexity index is 161. The molecule has 0 aliphatic rings. The summed E-state index contributed by atoms with van der Waals surface area (Å²) in [6.07, 6.45) is 1.58. The standard InChI is InChI=1S/C9H16O2/c1-5-6-9(4,7(2)10)8(3)11/h5,7,10H,1,6H2,2-4H3/t7-,9-/m1/s1. The van der Waals surface area contributed by atoms with E-state index in [4.69, 9.17) is 0 Å². The summed E-state index contributed by atoms with van der Waals surface area (Å²) in [4.78, 5) is 11.1. The highest BCUT2D eigenvalue weighted by molar-refractivity contribution is 5.82. The van der Waals surface area contributed by atoms with Gasteiger partial charge in [0, 0.05) is 0 Å². The Balaban J connectivity index is 4.51. The van der Waals surface area contributed by atoms with Gasteiger partial charge in [-0.05, 0) is 27.2 Å². The number of hydrogen-bond donors (Lipinski definition) is 1. The molecule has 2 heteroatoms. The van der Waals surface area contributed by atoms with Gasteiger partial charge >= 0.3 is 0 Å². The summed E-state index contributed by atoms with van der Waals surface area (Å²) < 4.78 is 0. The third-order valence-electron chi connectivity index (χ3n) is 2.29. The minimum absolute atomic E-state index is 0.00685. The maximum Gasteiger partial charge on any atom is 0.138 e. The maximum absolute atomic E-state index is 11.1. The molecule has 0 aliphatic heterocycles. The molecule has 0 spiro atoms. The highest BCUT2D eigenvalue weighted by Crippen LogP contribution is 2.27. The molecule has 0 bridgehead atoms. The Kier molecular flexibility index (Phi) is 3.46. The molecule has 0 saturated carbocycles. The van der Waals surface area contributed by atoms with E-state index in [0.717, 1.165) is 0 Å². The first-order chi connectivity index (χ1) is 4.95. The van der Waals surface area contributed by atoms with Gasteiger partial charge in [0.05, 0.1) is 11.5 Å². The molecule has 0 aliphatic carbocycles. The van der Waals surface area contributed by atoms with Gasteiger partial charge in [0.1, 0.15) is 5.78 Å². The number of aliphatic hydroxyl groups is 1. The summed E-state index contributed by atoms with van der Waals surface area (Å²) in [5.41, 5.74) is -0.651. The molecule has 0 aromatic heterocycles. The van der Waals surface area contributed by atoms with Crippen LogP contribution in [0.3, 0.4) is 0 Å². The van der Waals surface area contributed by atoms with Crippen molar-refractivity contribution < 1.29 is 9.90 Å². The fourth-order valence-electron chi connectivity index (χ4n) is 0.908. The highest BCUT2D eigenvalue weighted by Gasteiger charge is 2.33. The lowest BCUT2D eigenvalue weighted by atomic mass is 9.78. The first-order valence-corrected chi connectivity index (χ1v) is 3.75. The zero-order valence-corrected chi connectivity index (χ0v) is 7.42. The molecular formula is C9H16O2. The number of rotatable bonds is 4. The molecule has 0 saturated heterocycles. The third-order valence-corrected chi connectivity index (χ3v) is 2.29. The lowest BCUT2D eigenvalue weighted by Crippen LogP contribution is -2.36. The number of allylic oxidation sites excluding steroid dienone is 1. The van der Waals surface area contributed by atoms with E-state index < -0.39 is 11.5 Å². The van der Waals surface area contributed by atoms with Gasteiger partial charge in [-0.1, -0.05) is 6.08 Å². The second-order valence-corrected chi connectivity index (χ2v) is 3.14. The fourth-order valence-corrected chi connectivity index (χ4v) is 0.908. The van der Waals surface area contributed by atoms with Crippen LogP contribution in [-0.2, 0) is 4.79 Å². The minimum atomic E-state index is -0.651. The van der Waals surface area contributed by atoms with Crippen LogP contribution in [0.1, 0.15) is 27.2 Å². The Morgan fingerprint density at radius 2 is 2.27 bits per heavy atom. The zero-order chi connectivity index (χ0) is 9.07. The van der Waals surface area contributed by atoms with Crippen molar-refractivity contribution in [1.82, 2.24) is 0 Å². The van der Waals surface area contributed by atoms with Gasteiger partial charge < -0.3 is 5.11 Å². The quantitative estimate of drug-likeness (QED) is 0.627. The summed E-state index contributed by atoms with van der Waals surface area (Å²) in [6.45, 7) is 8.42. The van der Waals surface area contributed by atoms with E-state index in [1.807, 2.05) is 0 Å². The van der Waals surface area contributed by atoms with Crippen molar-refractivity contribution >= 4 is 5.78 Å². The molecule has 0 aromatic carbocycles. The molecule has 11 heavy (non-hydrogen) atoms. The first kappa shape index (κ1) is 10.4. The smallest absolute Gasteiger partial charge is 0.138 e. The van der Waals surface area contributed by atoms with Gasteiger partial charge in [0.25, 0.3) is 0 Å². The van der Waals surface area contributed by atoms with E-state index in [-0.39, 0.29) is 5.78 Å². The van der Waals surface area contributed by atoms with Crippen LogP contribution in [0.2, 0.25) is 0 Å². The first-order valence-electron chi connectivity index (χ1n) is 3.75. The number of carbonyl (C=O) groups excluding carboxylic acids is 1. The second-order valence-electron chi connectivity index (χ2n) is 3.14. The molecule has 2 nitrogen and oxygen atoms in total. The molecule has 64 valence electrons. The van der Waals surface area contributed by atoms with Crippen LogP contribution in [0.5, 0.6) is 0 Å². The fraction of sp³-hybridized carbons (Fsp3) is 0.667. The summed E-state index contributed by atoms with van der Waals surface area (Å²) in [5, 5.41) is 9.30. The third kappa shape index (κ3) is 2.15. The predicted octanol–water partition coefficient (Wildman–Crippen LogP) is 1.54. The van der Waals surface area contributed by atoms with E-state index >= 15 is 0 Å². The number of ketones is 1. The topological polar surface area (TPSA) is 37.3 Å². The van der Waals surface area contributed by atoms with E-state index in [2.05, 4.69) is 6.58 Å². The molecule has 0 fully saturated rings.